The Balaban J connectivity index is 1.21. The minimum atomic E-state index is -3.45. The van der Waals surface area contributed by atoms with Crippen LogP contribution in [-0.4, -0.2) is 74.5 Å². The van der Waals surface area contributed by atoms with Crippen LogP contribution in [-0.2, 0) is 26.2 Å². The summed E-state index contributed by atoms with van der Waals surface area (Å²) in [6, 6.07) is 17.8. The second kappa shape index (κ2) is 10.7. The van der Waals surface area contributed by atoms with Gasteiger partial charge in [-0.05, 0) is 24.6 Å². The number of hydrogen-bond donors (Lipinski definition) is 1. The molecule has 1 N–H and O–H groups in total. The van der Waals surface area contributed by atoms with Crippen molar-refractivity contribution in [1.82, 2.24) is 14.5 Å². The van der Waals surface area contributed by atoms with Crippen molar-refractivity contribution in [1.29, 1.82) is 0 Å². The average molecular weight is 485 g/mol. The molecule has 2 aliphatic heterocycles. The molecule has 182 valence electrons. The number of nitrogens with zero attached hydrogens (tertiary/aromatic N) is 3. The smallest absolute Gasteiger partial charge is 0.227 e. The lowest BCUT2D eigenvalue weighted by atomic mass is 10.1. The minimum absolute atomic E-state index is 0.0423. The SMILES string of the molecule is Cc1ccc(N2CC(C(=O)NCCS(=O)(=O)N3CCN(Cc4ccccc4)CC3)CC2=O)cc1. The number of aryl methyl sites for hydroxylation is 1. The summed E-state index contributed by atoms with van der Waals surface area (Å²) in [5.41, 5.74) is 3.09. The number of hydrogen-bond acceptors (Lipinski definition) is 5. The van der Waals surface area contributed by atoms with Crippen molar-refractivity contribution >= 4 is 27.5 Å². The van der Waals surface area contributed by atoms with Crippen LogP contribution in [0.3, 0.4) is 0 Å². The van der Waals surface area contributed by atoms with E-state index in [0.717, 1.165) is 17.8 Å². The van der Waals surface area contributed by atoms with E-state index in [1.54, 1.807) is 4.90 Å². The lowest BCUT2D eigenvalue weighted by molar-refractivity contribution is -0.126. The van der Waals surface area contributed by atoms with Crippen LogP contribution in [0.2, 0.25) is 0 Å². The van der Waals surface area contributed by atoms with Gasteiger partial charge in [0.1, 0.15) is 0 Å². The van der Waals surface area contributed by atoms with Crippen LogP contribution >= 0.6 is 0 Å². The standard InChI is InChI=1S/C25H32N4O4S/c1-20-7-9-23(10-8-20)29-19-22(17-24(29)30)25(31)26-11-16-34(32,33)28-14-12-27(13-15-28)18-21-5-3-2-4-6-21/h2-10,22H,11-19H2,1H3,(H,26,31). The van der Waals surface area contributed by atoms with Crippen LogP contribution in [0, 0.1) is 12.8 Å². The van der Waals surface area contributed by atoms with Gasteiger partial charge in [-0.25, -0.2) is 8.42 Å². The summed E-state index contributed by atoms with van der Waals surface area (Å²) >= 11 is 0. The Morgan fingerprint density at radius 1 is 1.00 bits per heavy atom. The second-order valence-corrected chi connectivity index (χ2v) is 11.1. The van der Waals surface area contributed by atoms with E-state index in [9.17, 15) is 18.0 Å². The monoisotopic (exact) mass is 484 g/mol. The molecule has 0 bridgehead atoms. The van der Waals surface area contributed by atoms with Crippen LogP contribution in [0.5, 0.6) is 0 Å². The molecule has 8 nitrogen and oxygen atoms in total. The molecule has 34 heavy (non-hydrogen) atoms. The van der Waals surface area contributed by atoms with E-state index in [1.807, 2.05) is 49.4 Å². The molecule has 2 amide bonds. The van der Waals surface area contributed by atoms with Crippen molar-refractivity contribution in [2.75, 3.05) is 49.9 Å². The molecular formula is C25H32N4O4S. The number of piperazine rings is 1. The lowest BCUT2D eigenvalue weighted by Crippen LogP contribution is -2.49. The van der Waals surface area contributed by atoms with E-state index in [2.05, 4.69) is 22.3 Å². The van der Waals surface area contributed by atoms with Gasteiger partial charge in [-0.3, -0.25) is 14.5 Å². The zero-order valence-electron chi connectivity index (χ0n) is 19.5. The molecule has 0 spiro atoms. The molecule has 1 atom stereocenters. The molecule has 2 heterocycles. The largest absolute Gasteiger partial charge is 0.355 e. The first-order valence-electron chi connectivity index (χ1n) is 11.7. The molecule has 2 aromatic carbocycles. The molecule has 9 heteroatoms. The van der Waals surface area contributed by atoms with Gasteiger partial charge in [0.2, 0.25) is 21.8 Å². The molecule has 0 radical (unpaired) electrons. The third-order valence-electron chi connectivity index (χ3n) is 6.47. The third kappa shape index (κ3) is 6.02. The highest BCUT2D eigenvalue weighted by Gasteiger charge is 2.35. The van der Waals surface area contributed by atoms with Crippen molar-refractivity contribution < 1.29 is 18.0 Å². The topological polar surface area (TPSA) is 90.0 Å². The fraction of sp³-hybridized carbons (Fsp3) is 0.440. The Kier molecular flexibility index (Phi) is 7.65. The highest BCUT2D eigenvalue weighted by molar-refractivity contribution is 7.89. The fourth-order valence-corrected chi connectivity index (χ4v) is 5.78. The maximum atomic E-state index is 12.8. The summed E-state index contributed by atoms with van der Waals surface area (Å²) in [5.74, 6) is -0.978. The number of anilines is 1. The van der Waals surface area contributed by atoms with Gasteiger partial charge in [0.15, 0.2) is 0 Å². The molecule has 2 aromatic rings. The Morgan fingerprint density at radius 2 is 1.68 bits per heavy atom. The maximum Gasteiger partial charge on any atom is 0.227 e. The number of benzene rings is 2. The summed E-state index contributed by atoms with van der Waals surface area (Å²) < 4.78 is 27.0. The van der Waals surface area contributed by atoms with E-state index in [-0.39, 0.29) is 30.5 Å². The Morgan fingerprint density at radius 3 is 2.35 bits per heavy atom. The van der Waals surface area contributed by atoms with Crippen LogP contribution in [0.15, 0.2) is 54.6 Å². The van der Waals surface area contributed by atoms with Gasteiger partial charge >= 0.3 is 0 Å². The number of carbonyl (C=O) groups is 2. The molecule has 2 aliphatic rings. The van der Waals surface area contributed by atoms with Gasteiger partial charge in [-0.2, -0.15) is 4.31 Å². The highest BCUT2D eigenvalue weighted by Crippen LogP contribution is 2.25. The van der Waals surface area contributed by atoms with Crippen LogP contribution in [0.25, 0.3) is 0 Å². The Labute approximate surface area is 201 Å². The van der Waals surface area contributed by atoms with Crippen LogP contribution in [0.4, 0.5) is 5.69 Å². The summed E-state index contributed by atoms with van der Waals surface area (Å²) in [6.45, 7) is 5.40. The zero-order chi connectivity index (χ0) is 24.1. The molecule has 0 aliphatic carbocycles. The van der Waals surface area contributed by atoms with Crippen molar-refractivity contribution in [2.45, 2.75) is 19.9 Å². The van der Waals surface area contributed by atoms with Crippen LogP contribution in [0.1, 0.15) is 17.5 Å². The molecule has 0 aromatic heterocycles. The van der Waals surface area contributed by atoms with Gasteiger partial charge in [-0.1, -0.05) is 48.0 Å². The first-order chi connectivity index (χ1) is 16.3. The Hall–Kier alpha value is -2.75. The Bertz CT molecular complexity index is 1100. The van der Waals surface area contributed by atoms with Gasteiger partial charge < -0.3 is 10.2 Å². The summed E-state index contributed by atoms with van der Waals surface area (Å²) in [5, 5.41) is 2.73. The lowest BCUT2D eigenvalue weighted by Gasteiger charge is -2.34. The van der Waals surface area contributed by atoms with Crippen molar-refractivity contribution in [3.05, 3.63) is 65.7 Å². The normalized spacial score (nSPS) is 20.0. The molecule has 2 fully saturated rings. The molecule has 2 saturated heterocycles. The van der Waals surface area contributed by atoms with E-state index >= 15 is 0 Å². The predicted octanol–water partition coefficient (Wildman–Crippen LogP) is 1.61. The second-order valence-electron chi connectivity index (χ2n) is 9.01. The van der Waals surface area contributed by atoms with E-state index < -0.39 is 15.9 Å². The van der Waals surface area contributed by atoms with E-state index in [1.165, 1.54) is 9.87 Å². The molecular weight excluding hydrogens is 452 g/mol. The predicted molar refractivity (Wildman–Crippen MR) is 132 cm³/mol. The number of amides is 2. The molecule has 1 unspecified atom stereocenters. The summed E-state index contributed by atoms with van der Waals surface area (Å²) in [7, 11) is -3.45. The van der Waals surface area contributed by atoms with Crippen molar-refractivity contribution in [3.63, 3.8) is 0 Å². The first-order valence-corrected chi connectivity index (χ1v) is 13.3. The van der Waals surface area contributed by atoms with Gasteiger partial charge in [0.25, 0.3) is 0 Å². The fourth-order valence-electron chi connectivity index (χ4n) is 4.44. The quantitative estimate of drug-likeness (QED) is 0.615. The van der Waals surface area contributed by atoms with Gasteiger partial charge in [-0.15, -0.1) is 0 Å². The average Bonchev–Trinajstić information content (AvgIpc) is 3.22. The number of carbonyl (C=O) groups excluding carboxylic acids is 2. The highest BCUT2D eigenvalue weighted by atomic mass is 32.2. The van der Waals surface area contributed by atoms with Crippen molar-refractivity contribution in [2.24, 2.45) is 5.92 Å². The zero-order valence-corrected chi connectivity index (χ0v) is 20.3. The van der Waals surface area contributed by atoms with Crippen molar-refractivity contribution in [3.8, 4) is 0 Å². The summed E-state index contributed by atoms with van der Waals surface area (Å²) in [4.78, 5) is 28.9. The van der Waals surface area contributed by atoms with Gasteiger partial charge in [0, 0.05) is 57.9 Å². The molecule has 0 saturated carbocycles. The number of nitrogens with one attached hydrogen (secondary N) is 1. The summed E-state index contributed by atoms with van der Waals surface area (Å²) in [6.07, 6.45) is 0.135. The number of sulfonamides is 1. The van der Waals surface area contributed by atoms with Gasteiger partial charge in [0.05, 0.1) is 11.7 Å². The molecule has 4 rings (SSSR count). The minimum Gasteiger partial charge on any atom is -0.355 e. The third-order valence-corrected chi connectivity index (χ3v) is 8.35. The van der Waals surface area contributed by atoms with Crippen LogP contribution < -0.4 is 10.2 Å². The van der Waals surface area contributed by atoms with E-state index in [4.69, 9.17) is 0 Å². The van der Waals surface area contributed by atoms with E-state index in [0.29, 0.717) is 32.7 Å². The maximum absolute atomic E-state index is 12.8. The number of rotatable bonds is 8. The first kappa shape index (κ1) is 24.4.